The van der Waals surface area contributed by atoms with Gasteiger partial charge in [-0.25, -0.2) is 9.59 Å². The number of hydrogen-bond acceptors (Lipinski definition) is 3. The van der Waals surface area contributed by atoms with Gasteiger partial charge >= 0.3 is 12.1 Å². The third-order valence-electron chi connectivity index (χ3n) is 3.66. The molecular weight excluding hydrogens is 262 g/mol. The van der Waals surface area contributed by atoms with Crippen LogP contribution in [0, 0.1) is 0 Å². The highest BCUT2D eigenvalue weighted by Crippen LogP contribution is 2.38. The van der Waals surface area contributed by atoms with Crippen molar-refractivity contribution >= 4 is 12.1 Å². The normalized spacial score (nSPS) is 29.4. The van der Waals surface area contributed by atoms with Crippen molar-refractivity contribution in [2.45, 2.75) is 30.9 Å². The first kappa shape index (κ1) is 14.3. The molecule has 20 heavy (non-hydrogen) atoms. The van der Waals surface area contributed by atoms with Crippen LogP contribution in [0.1, 0.15) is 18.9 Å². The quantitative estimate of drug-likeness (QED) is 0.772. The lowest BCUT2D eigenvalue weighted by atomic mass is 9.85. The number of nitrogens with zero attached hydrogens (tertiary/aromatic N) is 1. The highest BCUT2D eigenvalue weighted by Gasteiger charge is 2.57. The summed E-state index contributed by atoms with van der Waals surface area (Å²) in [5.41, 5.74) is -2.25. The zero-order valence-corrected chi connectivity index (χ0v) is 11.1. The molecule has 108 valence electrons. The summed E-state index contributed by atoms with van der Waals surface area (Å²) in [7, 11) is 0. The number of rotatable bonds is 3. The van der Waals surface area contributed by atoms with Gasteiger partial charge in [-0.3, -0.25) is 4.90 Å². The Balaban J connectivity index is 2.43. The number of likely N-dealkylation sites (tertiary alicyclic amines) is 1. The molecule has 1 aliphatic rings. The van der Waals surface area contributed by atoms with Crippen LogP contribution in [0.3, 0.4) is 0 Å². The van der Waals surface area contributed by atoms with Crippen molar-refractivity contribution in [3.8, 4) is 0 Å². The molecule has 0 spiro atoms. The summed E-state index contributed by atoms with van der Waals surface area (Å²) in [5, 5.41) is 28.9. The standard InChI is InChI=1S/C14H17NO5/c1-13(20)8-14(11(16)17,15(9-13)12(18)19)7-10-5-3-2-4-6-10/h2-6,20H,7-9H2,1H3,(H,16,17)(H,18,19)/t13-,14+/m1/s1. The Kier molecular flexibility index (Phi) is 3.43. The molecule has 1 heterocycles. The minimum Gasteiger partial charge on any atom is -0.479 e. The van der Waals surface area contributed by atoms with Crippen molar-refractivity contribution in [1.29, 1.82) is 0 Å². The van der Waals surface area contributed by atoms with Gasteiger partial charge in [0.25, 0.3) is 0 Å². The molecule has 1 aromatic rings. The minimum absolute atomic E-state index is 0.0334. The molecule has 0 radical (unpaired) electrons. The molecule has 0 aromatic heterocycles. The first-order valence-electron chi connectivity index (χ1n) is 6.27. The molecular formula is C14H17NO5. The van der Waals surface area contributed by atoms with E-state index in [-0.39, 0.29) is 19.4 Å². The number of carboxylic acids is 1. The lowest BCUT2D eigenvalue weighted by Crippen LogP contribution is -2.54. The van der Waals surface area contributed by atoms with Gasteiger partial charge in [0, 0.05) is 12.8 Å². The van der Waals surface area contributed by atoms with E-state index in [1.54, 1.807) is 30.3 Å². The van der Waals surface area contributed by atoms with Gasteiger partial charge in [0.1, 0.15) is 0 Å². The highest BCUT2D eigenvalue weighted by molar-refractivity contribution is 5.85. The number of hydrogen-bond donors (Lipinski definition) is 3. The molecule has 6 heteroatoms. The van der Waals surface area contributed by atoms with Crippen LogP contribution in [-0.4, -0.2) is 50.0 Å². The molecule has 3 N–H and O–H groups in total. The number of amides is 1. The Hall–Kier alpha value is -2.08. The zero-order valence-electron chi connectivity index (χ0n) is 11.1. The lowest BCUT2D eigenvalue weighted by Gasteiger charge is -2.32. The van der Waals surface area contributed by atoms with Crippen LogP contribution < -0.4 is 0 Å². The van der Waals surface area contributed by atoms with Crippen molar-refractivity contribution in [1.82, 2.24) is 4.90 Å². The first-order valence-corrected chi connectivity index (χ1v) is 6.27. The first-order chi connectivity index (χ1) is 9.27. The number of aliphatic hydroxyl groups is 1. The van der Waals surface area contributed by atoms with Crippen LogP contribution >= 0.6 is 0 Å². The van der Waals surface area contributed by atoms with E-state index in [2.05, 4.69) is 0 Å². The maximum atomic E-state index is 11.7. The summed E-state index contributed by atoms with van der Waals surface area (Å²) < 4.78 is 0. The second-order valence-electron chi connectivity index (χ2n) is 5.54. The third kappa shape index (κ3) is 2.46. The largest absolute Gasteiger partial charge is 0.479 e. The highest BCUT2D eigenvalue weighted by atomic mass is 16.4. The van der Waals surface area contributed by atoms with Crippen LogP contribution in [0.25, 0.3) is 0 Å². The smallest absolute Gasteiger partial charge is 0.408 e. The average Bonchev–Trinajstić information content (AvgIpc) is 2.63. The molecule has 1 fully saturated rings. The van der Waals surface area contributed by atoms with E-state index < -0.39 is 23.2 Å². The van der Waals surface area contributed by atoms with Gasteiger partial charge in [-0.05, 0) is 12.5 Å². The number of carboxylic acid groups (broad SMARTS) is 2. The summed E-state index contributed by atoms with van der Waals surface area (Å²) in [5.74, 6) is -1.23. The van der Waals surface area contributed by atoms with Crippen molar-refractivity contribution in [3.05, 3.63) is 35.9 Å². The topological polar surface area (TPSA) is 98.1 Å². The molecule has 1 saturated heterocycles. The molecule has 1 amide bonds. The second kappa shape index (κ2) is 4.79. The summed E-state index contributed by atoms with van der Waals surface area (Å²) in [6.45, 7) is 1.25. The summed E-state index contributed by atoms with van der Waals surface area (Å²) >= 11 is 0. The second-order valence-corrected chi connectivity index (χ2v) is 5.54. The van der Waals surface area contributed by atoms with Crippen molar-refractivity contribution in [2.75, 3.05) is 6.54 Å². The van der Waals surface area contributed by atoms with Crippen molar-refractivity contribution in [3.63, 3.8) is 0 Å². The van der Waals surface area contributed by atoms with Crippen LogP contribution in [0.5, 0.6) is 0 Å². The fraction of sp³-hybridized carbons (Fsp3) is 0.429. The van der Waals surface area contributed by atoms with E-state index in [0.29, 0.717) is 0 Å². The number of aliphatic carboxylic acids is 1. The van der Waals surface area contributed by atoms with Crippen LogP contribution in [0.2, 0.25) is 0 Å². The monoisotopic (exact) mass is 279 g/mol. The molecule has 6 nitrogen and oxygen atoms in total. The van der Waals surface area contributed by atoms with Gasteiger partial charge in [-0.2, -0.15) is 0 Å². The van der Waals surface area contributed by atoms with E-state index in [1.807, 2.05) is 0 Å². The van der Waals surface area contributed by atoms with Gasteiger partial charge < -0.3 is 15.3 Å². The van der Waals surface area contributed by atoms with Gasteiger partial charge in [0.15, 0.2) is 5.54 Å². The average molecular weight is 279 g/mol. The van der Waals surface area contributed by atoms with E-state index in [4.69, 9.17) is 0 Å². The van der Waals surface area contributed by atoms with Gasteiger partial charge in [0.2, 0.25) is 0 Å². The van der Waals surface area contributed by atoms with Crippen LogP contribution in [-0.2, 0) is 11.2 Å². The summed E-state index contributed by atoms with van der Waals surface area (Å²) in [6.07, 6.45) is -1.43. The predicted octanol–water partition coefficient (Wildman–Crippen LogP) is 1.19. The Bertz CT molecular complexity index is 528. The zero-order chi connectivity index (χ0) is 15.0. The lowest BCUT2D eigenvalue weighted by molar-refractivity contribution is -0.149. The van der Waals surface area contributed by atoms with Gasteiger partial charge in [-0.1, -0.05) is 30.3 Å². The maximum absolute atomic E-state index is 11.7. The van der Waals surface area contributed by atoms with E-state index in [9.17, 15) is 24.9 Å². The number of β-amino-alcohol motifs (C(OH)–C–C–N with tert-alkyl or cyclic N) is 1. The fourth-order valence-electron chi connectivity index (χ4n) is 2.88. The molecule has 1 aromatic carbocycles. The Morgan fingerprint density at radius 2 is 1.85 bits per heavy atom. The Morgan fingerprint density at radius 1 is 1.25 bits per heavy atom. The third-order valence-corrected chi connectivity index (χ3v) is 3.66. The van der Waals surface area contributed by atoms with Crippen LogP contribution in [0.15, 0.2) is 30.3 Å². The molecule has 2 rings (SSSR count). The molecule has 0 bridgehead atoms. The van der Waals surface area contributed by atoms with Crippen molar-refractivity contribution < 1.29 is 24.9 Å². The molecule has 2 atom stereocenters. The minimum atomic E-state index is -1.63. The molecule has 1 aliphatic heterocycles. The number of benzene rings is 1. The number of carbonyl (C=O) groups is 2. The molecule has 0 unspecified atom stereocenters. The summed E-state index contributed by atoms with van der Waals surface area (Å²) in [6, 6.07) is 8.83. The Morgan fingerprint density at radius 3 is 2.35 bits per heavy atom. The maximum Gasteiger partial charge on any atom is 0.408 e. The Labute approximate surface area is 116 Å². The summed E-state index contributed by atoms with van der Waals surface area (Å²) in [4.78, 5) is 23.9. The SMILES string of the molecule is C[C@]1(O)CN(C(=O)O)[C@](Cc2ccccc2)(C(=O)O)C1. The van der Waals surface area contributed by atoms with E-state index in [1.165, 1.54) is 6.92 Å². The molecule has 0 aliphatic carbocycles. The predicted molar refractivity (Wildman–Crippen MR) is 70.5 cm³/mol. The molecule has 0 saturated carbocycles. The van der Waals surface area contributed by atoms with Gasteiger partial charge in [-0.15, -0.1) is 0 Å². The van der Waals surface area contributed by atoms with Gasteiger partial charge in [0.05, 0.1) is 12.1 Å². The fourth-order valence-corrected chi connectivity index (χ4v) is 2.88. The van der Waals surface area contributed by atoms with Crippen LogP contribution in [0.4, 0.5) is 4.79 Å². The van der Waals surface area contributed by atoms with E-state index >= 15 is 0 Å². The van der Waals surface area contributed by atoms with Crippen molar-refractivity contribution in [2.24, 2.45) is 0 Å². The van der Waals surface area contributed by atoms with E-state index in [0.717, 1.165) is 10.5 Å².